The lowest BCUT2D eigenvalue weighted by Gasteiger charge is -2.00. The maximum absolute atomic E-state index is 5.97. The first-order chi connectivity index (χ1) is 8.24. The SMILES string of the molecule is S=c1[nH]c2ccc(Cl)cc2n1Cc1ncon1. The van der Waals surface area contributed by atoms with Crippen molar-refractivity contribution >= 4 is 34.9 Å². The van der Waals surface area contributed by atoms with Crippen molar-refractivity contribution in [2.75, 3.05) is 0 Å². The van der Waals surface area contributed by atoms with Crippen molar-refractivity contribution in [2.45, 2.75) is 6.54 Å². The molecule has 0 bridgehead atoms. The summed E-state index contributed by atoms with van der Waals surface area (Å²) in [6.45, 7) is 0.454. The molecule has 5 nitrogen and oxygen atoms in total. The molecule has 86 valence electrons. The van der Waals surface area contributed by atoms with E-state index in [0.717, 1.165) is 11.0 Å². The Hall–Kier alpha value is -1.66. The summed E-state index contributed by atoms with van der Waals surface area (Å²) in [5.41, 5.74) is 1.86. The summed E-state index contributed by atoms with van der Waals surface area (Å²) in [5.74, 6) is 0.571. The van der Waals surface area contributed by atoms with E-state index in [1.54, 1.807) is 0 Å². The highest BCUT2D eigenvalue weighted by molar-refractivity contribution is 7.71. The van der Waals surface area contributed by atoms with Gasteiger partial charge in [-0.15, -0.1) is 0 Å². The van der Waals surface area contributed by atoms with E-state index >= 15 is 0 Å². The van der Waals surface area contributed by atoms with Gasteiger partial charge < -0.3 is 14.1 Å². The van der Waals surface area contributed by atoms with Gasteiger partial charge in [0.25, 0.3) is 0 Å². The molecule has 0 spiro atoms. The summed E-state index contributed by atoms with van der Waals surface area (Å²) in [4.78, 5) is 7.07. The summed E-state index contributed by atoms with van der Waals surface area (Å²) < 4.78 is 7.17. The van der Waals surface area contributed by atoms with Crippen LogP contribution in [0.25, 0.3) is 11.0 Å². The minimum Gasteiger partial charge on any atom is -0.343 e. The standard InChI is InChI=1S/C10H7ClN4OS/c11-6-1-2-7-8(3-6)15(10(17)13-7)4-9-12-5-16-14-9/h1-3,5H,4H2,(H,13,17). The van der Waals surface area contributed by atoms with Gasteiger partial charge in [-0.3, -0.25) is 0 Å². The fourth-order valence-corrected chi connectivity index (χ4v) is 2.13. The minimum atomic E-state index is 0.454. The molecule has 0 saturated carbocycles. The summed E-state index contributed by atoms with van der Waals surface area (Å²) in [6.07, 6.45) is 1.29. The number of imidazole rings is 1. The van der Waals surface area contributed by atoms with Crippen LogP contribution in [0.4, 0.5) is 0 Å². The van der Waals surface area contributed by atoms with Gasteiger partial charge >= 0.3 is 0 Å². The first-order valence-electron chi connectivity index (χ1n) is 4.87. The van der Waals surface area contributed by atoms with Crippen LogP contribution in [0.2, 0.25) is 5.02 Å². The van der Waals surface area contributed by atoms with Crippen LogP contribution in [-0.2, 0) is 6.54 Å². The molecule has 17 heavy (non-hydrogen) atoms. The molecule has 0 fully saturated rings. The number of rotatable bonds is 2. The number of hydrogen-bond acceptors (Lipinski definition) is 4. The lowest BCUT2D eigenvalue weighted by atomic mass is 10.3. The zero-order chi connectivity index (χ0) is 11.8. The predicted molar refractivity (Wildman–Crippen MR) is 65.5 cm³/mol. The van der Waals surface area contributed by atoms with Crippen LogP contribution in [-0.4, -0.2) is 19.7 Å². The van der Waals surface area contributed by atoms with Gasteiger partial charge in [0.2, 0.25) is 6.39 Å². The summed E-state index contributed by atoms with van der Waals surface area (Å²) in [6, 6.07) is 5.55. The molecule has 0 amide bonds. The van der Waals surface area contributed by atoms with Gasteiger partial charge in [-0.05, 0) is 30.4 Å². The van der Waals surface area contributed by atoms with Crippen LogP contribution in [0.1, 0.15) is 5.82 Å². The van der Waals surface area contributed by atoms with Gasteiger partial charge in [0.05, 0.1) is 17.6 Å². The minimum absolute atomic E-state index is 0.454. The van der Waals surface area contributed by atoms with E-state index in [0.29, 0.717) is 22.2 Å². The van der Waals surface area contributed by atoms with Crippen LogP contribution in [0.5, 0.6) is 0 Å². The smallest absolute Gasteiger partial charge is 0.213 e. The normalized spacial score (nSPS) is 11.1. The molecule has 0 aliphatic carbocycles. The van der Waals surface area contributed by atoms with Crippen LogP contribution < -0.4 is 0 Å². The lowest BCUT2D eigenvalue weighted by molar-refractivity contribution is 0.408. The van der Waals surface area contributed by atoms with Crippen molar-refractivity contribution in [1.29, 1.82) is 0 Å². The van der Waals surface area contributed by atoms with E-state index in [4.69, 9.17) is 28.3 Å². The van der Waals surface area contributed by atoms with Crippen LogP contribution in [0.3, 0.4) is 0 Å². The quantitative estimate of drug-likeness (QED) is 0.725. The molecule has 0 atom stereocenters. The molecule has 2 heterocycles. The second-order valence-electron chi connectivity index (χ2n) is 3.53. The summed E-state index contributed by atoms with van der Waals surface area (Å²) >= 11 is 11.2. The molecule has 0 saturated heterocycles. The third-order valence-corrected chi connectivity index (χ3v) is 3.00. The van der Waals surface area contributed by atoms with Gasteiger partial charge in [0.1, 0.15) is 0 Å². The molecule has 7 heteroatoms. The zero-order valence-electron chi connectivity index (χ0n) is 8.55. The first kappa shape index (κ1) is 10.5. The van der Waals surface area contributed by atoms with Crippen molar-refractivity contribution in [3.05, 3.63) is 40.2 Å². The molecule has 2 aromatic heterocycles. The highest BCUT2D eigenvalue weighted by atomic mass is 35.5. The van der Waals surface area contributed by atoms with E-state index in [-0.39, 0.29) is 0 Å². The van der Waals surface area contributed by atoms with Crippen molar-refractivity contribution in [3.8, 4) is 0 Å². The topological polar surface area (TPSA) is 59.6 Å². The first-order valence-corrected chi connectivity index (χ1v) is 5.66. The second kappa shape index (κ2) is 3.97. The lowest BCUT2D eigenvalue weighted by Crippen LogP contribution is -2.01. The Balaban J connectivity index is 2.17. The number of benzene rings is 1. The predicted octanol–water partition coefficient (Wildman–Crippen LogP) is 2.78. The van der Waals surface area contributed by atoms with E-state index in [1.807, 2.05) is 22.8 Å². The zero-order valence-corrected chi connectivity index (χ0v) is 10.1. The average molecular weight is 267 g/mol. The van der Waals surface area contributed by atoms with Gasteiger partial charge in [-0.25, -0.2) is 0 Å². The van der Waals surface area contributed by atoms with Gasteiger partial charge in [-0.2, -0.15) is 4.98 Å². The van der Waals surface area contributed by atoms with E-state index < -0.39 is 0 Å². The van der Waals surface area contributed by atoms with Crippen LogP contribution >= 0.6 is 23.8 Å². The Morgan fingerprint density at radius 3 is 3.12 bits per heavy atom. The Bertz CT molecular complexity index is 716. The molecule has 3 rings (SSSR count). The number of nitrogens with zero attached hydrogens (tertiary/aromatic N) is 3. The molecule has 1 aromatic carbocycles. The summed E-state index contributed by atoms with van der Waals surface area (Å²) in [7, 11) is 0. The molecule has 3 aromatic rings. The van der Waals surface area contributed by atoms with Crippen LogP contribution in [0, 0.1) is 4.77 Å². The molecular weight excluding hydrogens is 260 g/mol. The third-order valence-electron chi connectivity index (χ3n) is 2.44. The number of aromatic nitrogens is 4. The molecule has 1 N–H and O–H groups in total. The third kappa shape index (κ3) is 1.85. The highest BCUT2D eigenvalue weighted by Crippen LogP contribution is 2.19. The van der Waals surface area contributed by atoms with Gasteiger partial charge in [-0.1, -0.05) is 16.8 Å². The number of nitrogens with one attached hydrogen (secondary N) is 1. The van der Waals surface area contributed by atoms with Crippen molar-refractivity contribution in [1.82, 2.24) is 19.7 Å². The molecule has 0 unspecified atom stereocenters. The maximum atomic E-state index is 5.97. The molecule has 0 aliphatic rings. The van der Waals surface area contributed by atoms with Gasteiger partial charge in [0, 0.05) is 5.02 Å². The number of aromatic amines is 1. The van der Waals surface area contributed by atoms with E-state index in [1.165, 1.54) is 6.39 Å². The van der Waals surface area contributed by atoms with E-state index in [2.05, 4.69) is 15.1 Å². The number of halogens is 1. The number of hydrogen-bond donors (Lipinski definition) is 1. The second-order valence-corrected chi connectivity index (χ2v) is 4.35. The van der Waals surface area contributed by atoms with Gasteiger partial charge in [0.15, 0.2) is 10.6 Å². The highest BCUT2D eigenvalue weighted by Gasteiger charge is 2.07. The average Bonchev–Trinajstić information content (AvgIpc) is 2.90. The number of fused-ring (bicyclic) bond motifs is 1. The summed E-state index contributed by atoms with van der Waals surface area (Å²) in [5, 5.41) is 4.42. The number of H-pyrrole nitrogens is 1. The van der Waals surface area contributed by atoms with E-state index in [9.17, 15) is 0 Å². The Morgan fingerprint density at radius 1 is 1.47 bits per heavy atom. The Labute approximate surface area is 106 Å². The Kier molecular flexibility index (Phi) is 2.45. The molecule has 0 aliphatic heterocycles. The largest absolute Gasteiger partial charge is 0.343 e. The van der Waals surface area contributed by atoms with Crippen LogP contribution in [0.15, 0.2) is 29.1 Å². The fraction of sp³-hybridized carbons (Fsp3) is 0.100. The fourth-order valence-electron chi connectivity index (χ4n) is 1.69. The maximum Gasteiger partial charge on any atom is 0.213 e. The van der Waals surface area contributed by atoms with Crippen molar-refractivity contribution in [2.24, 2.45) is 0 Å². The molecule has 0 radical (unpaired) electrons. The van der Waals surface area contributed by atoms with Crippen molar-refractivity contribution in [3.63, 3.8) is 0 Å². The molecular formula is C10H7ClN4OS. The van der Waals surface area contributed by atoms with Crippen molar-refractivity contribution < 1.29 is 4.52 Å². The Morgan fingerprint density at radius 2 is 2.35 bits per heavy atom. The monoisotopic (exact) mass is 266 g/mol.